The fraction of sp³-hybridized carbons (Fsp3) is 0.214. The number of carbonyl (C=O) groups excluding carboxylic acids is 1. The van der Waals surface area contributed by atoms with Crippen LogP contribution in [0, 0.1) is 3.57 Å². The Bertz CT molecular complexity index is 640. The van der Waals surface area contributed by atoms with Crippen molar-refractivity contribution in [1.29, 1.82) is 0 Å². The number of nitrogens with zero attached hydrogens (tertiary/aromatic N) is 1. The van der Waals surface area contributed by atoms with E-state index in [0.717, 1.165) is 16.5 Å². The minimum absolute atomic E-state index is 0.214. The van der Waals surface area contributed by atoms with Crippen LogP contribution in [0.25, 0.3) is 0 Å². The molecule has 0 aliphatic rings. The van der Waals surface area contributed by atoms with Crippen molar-refractivity contribution < 1.29 is 4.79 Å². The van der Waals surface area contributed by atoms with Crippen molar-refractivity contribution in [2.24, 2.45) is 0 Å². The van der Waals surface area contributed by atoms with Crippen LogP contribution in [0.2, 0.25) is 10.0 Å². The highest BCUT2D eigenvalue weighted by Crippen LogP contribution is 2.25. The van der Waals surface area contributed by atoms with Crippen LogP contribution in [-0.2, 0) is 6.54 Å². The van der Waals surface area contributed by atoms with Gasteiger partial charge in [0.25, 0.3) is 5.91 Å². The number of aromatic nitrogens is 1. The summed E-state index contributed by atoms with van der Waals surface area (Å²) in [5, 5.41) is 3.88. The SMILES string of the molecule is CCCn1cc(Cl)cc1C(=O)Nc1ccc(I)cc1Cl. The van der Waals surface area contributed by atoms with E-state index in [4.69, 9.17) is 23.2 Å². The number of nitrogens with one attached hydrogen (secondary N) is 1. The summed E-state index contributed by atoms with van der Waals surface area (Å²) < 4.78 is 2.86. The first kappa shape index (κ1) is 15.7. The van der Waals surface area contributed by atoms with Crippen molar-refractivity contribution in [3.8, 4) is 0 Å². The molecule has 0 saturated carbocycles. The zero-order chi connectivity index (χ0) is 14.7. The lowest BCUT2D eigenvalue weighted by Gasteiger charge is -2.10. The lowest BCUT2D eigenvalue weighted by Crippen LogP contribution is -2.17. The molecule has 0 spiro atoms. The van der Waals surface area contributed by atoms with Gasteiger partial charge in [-0.1, -0.05) is 30.1 Å². The highest BCUT2D eigenvalue weighted by atomic mass is 127. The molecule has 1 heterocycles. The number of anilines is 1. The molecule has 2 rings (SSSR count). The summed E-state index contributed by atoms with van der Waals surface area (Å²) in [6.07, 6.45) is 2.69. The molecule has 0 aliphatic carbocycles. The number of rotatable bonds is 4. The van der Waals surface area contributed by atoms with Crippen LogP contribution in [-0.4, -0.2) is 10.5 Å². The minimum Gasteiger partial charge on any atom is -0.342 e. The van der Waals surface area contributed by atoms with Gasteiger partial charge in [0.05, 0.1) is 15.7 Å². The maximum absolute atomic E-state index is 12.3. The van der Waals surface area contributed by atoms with Crippen molar-refractivity contribution >= 4 is 57.4 Å². The molecule has 106 valence electrons. The molecular formula is C14H13Cl2IN2O. The van der Waals surface area contributed by atoms with E-state index in [9.17, 15) is 4.79 Å². The fourth-order valence-corrected chi connectivity index (χ4v) is 2.99. The van der Waals surface area contributed by atoms with E-state index in [2.05, 4.69) is 27.9 Å². The average molecular weight is 423 g/mol. The maximum atomic E-state index is 12.3. The van der Waals surface area contributed by atoms with Gasteiger partial charge in [-0.3, -0.25) is 4.79 Å². The van der Waals surface area contributed by atoms with Crippen molar-refractivity contribution in [2.45, 2.75) is 19.9 Å². The van der Waals surface area contributed by atoms with Gasteiger partial charge in [-0.15, -0.1) is 0 Å². The van der Waals surface area contributed by atoms with Gasteiger partial charge in [0.2, 0.25) is 0 Å². The Morgan fingerprint density at radius 1 is 1.35 bits per heavy atom. The molecule has 0 atom stereocenters. The minimum atomic E-state index is -0.214. The van der Waals surface area contributed by atoms with Gasteiger partial charge in [-0.2, -0.15) is 0 Å². The number of aryl methyl sites for hydroxylation is 1. The van der Waals surface area contributed by atoms with Gasteiger partial charge >= 0.3 is 0 Å². The number of amides is 1. The van der Waals surface area contributed by atoms with Crippen molar-refractivity contribution in [2.75, 3.05) is 5.32 Å². The summed E-state index contributed by atoms with van der Waals surface area (Å²) in [6, 6.07) is 7.14. The number of hydrogen-bond acceptors (Lipinski definition) is 1. The van der Waals surface area contributed by atoms with E-state index in [1.807, 2.05) is 17.6 Å². The second-order valence-electron chi connectivity index (χ2n) is 4.32. The average Bonchev–Trinajstić information content (AvgIpc) is 2.74. The Morgan fingerprint density at radius 2 is 2.10 bits per heavy atom. The quantitative estimate of drug-likeness (QED) is 0.686. The number of benzene rings is 1. The van der Waals surface area contributed by atoms with E-state index in [1.165, 1.54) is 0 Å². The lowest BCUT2D eigenvalue weighted by molar-refractivity contribution is 0.101. The molecule has 0 radical (unpaired) electrons. The molecule has 0 aliphatic heterocycles. The predicted octanol–water partition coefficient (Wildman–Crippen LogP) is 5.06. The lowest BCUT2D eigenvalue weighted by atomic mass is 10.3. The number of carbonyl (C=O) groups is 1. The van der Waals surface area contributed by atoms with Gasteiger partial charge in [0.1, 0.15) is 5.69 Å². The van der Waals surface area contributed by atoms with Crippen LogP contribution >= 0.6 is 45.8 Å². The van der Waals surface area contributed by atoms with Crippen LogP contribution < -0.4 is 5.32 Å². The molecule has 1 amide bonds. The molecule has 3 nitrogen and oxygen atoms in total. The second-order valence-corrected chi connectivity index (χ2v) is 6.40. The third-order valence-corrected chi connectivity index (χ3v) is 3.93. The van der Waals surface area contributed by atoms with Gasteiger partial charge in [0, 0.05) is 16.3 Å². The summed E-state index contributed by atoms with van der Waals surface area (Å²) >= 11 is 14.3. The molecule has 1 aromatic carbocycles. The molecule has 6 heteroatoms. The molecule has 1 aromatic heterocycles. The first-order valence-corrected chi connectivity index (χ1v) is 7.96. The normalized spacial score (nSPS) is 10.6. The van der Waals surface area contributed by atoms with Crippen LogP contribution in [0.5, 0.6) is 0 Å². The summed E-state index contributed by atoms with van der Waals surface area (Å²) in [5.74, 6) is -0.214. The van der Waals surface area contributed by atoms with Gasteiger partial charge in [-0.05, 0) is 53.3 Å². The summed E-state index contributed by atoms with van der Waals surface area (Å²) in [5.41, 5.74) is 1.13. The fourth-order valence-electron chi connectivity index (χ4n) is 1.87. The zero-order valence-corrected chi connectivity index (χ0v) is 14.5. The predicted molar refractivity (Wildman–Crippen MR) is 91.9 cm³/mol. The molecule has 0 bridgehead atoms. The van der Waals surface area contributed by atoms with E-state index in [1.54, 1.807) is 24.4 Å². The molecule has 1 N–H and O–H groups in total. The highest BCUT2D eigenvalue weighted by molar-refractivity contribution is 14.1. The third-order valence-electron chi connectivity index (χ3n) is 2.74. The Hall–Kier alpha value is -0.720. The summed E-state index contributed by atoms with van der Waals surface area (Å²) in [4.78, 5) is 12.3. The second kappa shape index (κ2) is 6.83. The maximum Gasteiger partial charge on any atom is 0.272 e. The Kier molecular flexibility index (Phi) is 5.35. The van der Waals surface area contributed by atoms with Crippen molar-refractivity contribution in [3.63, 3.8) is 0 Å². The Morgan fingerprint density at radius 3 is 2.75 bits per heavy atom. The van der Waals surface area contributed by atoms with Crippen molar-refractivity contribution in [1.82, 2.24) is 4.57 Å². The topological polar surface area (TPSA) is 34.0 Å². The van der Waals surface area contributed by atoms with E-state index in [-0.39, 0.29) is 5.91 Å². The zero-order valence-electron chi connectivity index (χ0n) is 10.8. The first-order valence-electron chi connectivity index (χ1n) is 6.13. The smallest absolute Gasteiger partial charge is 0.272 e. The van der Waals surface area contributed by atoms with Gasteiger partial charge < -0.3 is 9.88 Å². The van der Waals surface area contributed by atoms with E-state index >= 15 is 0 Å². The Balaban J connectivity index is 2.23. The van der Waals surface area contributed by atoms with Crippen LogP contribution in [0.15, 0.2) is 30.5 Å². The van der Waals surface area contributed by atoms with Gasteiger partial charge in [-0.25, -0.2) is 0 Å². The summed E-state index contributed by atoms with van der Waals surface area (Å²) in [6.45, 7) is 2.79. The van der Waals surface area contributed by atoms with Crippen LogP contribution in [0.3, 0.4) is 0 Å². The van der Waals surface area contributed by atoms with Crippen LogP contribution in [0.1, 0.15) is 23.8 Å². The molecule has 2 aromatic rings. The molecular weight excluding hydrogens is 410 g/mol. The van der Waals surface area contributed by atoms with E-state index in [0.29, 0.717) is 21.4 Å². The molecule has 0 saturated heterocycles. The van der Waals surface area contributed by atoms with Crippen molar-refractivity contribution in [3.05, 3.63) is 49.8 Å². The summed E-state index contributed by atoms with van der Waals surface area (Å²) in [7, 11) is 0. The monoisotopic (exact) mass is 422 g/mol. The number of hydrogen-bond donors (Lipinski definition) is 1. The third kappa shape index (κ3) is 3.68. The largest absolute Gasteiger partial charge is 0.342 e. The van der Waals surface area contributed by atoms with Gasteiger partial charge in [0.15, 0.2) is 0 Å². The molecule has 0 fully saturated rings. The van der Waals surface area contributed by atoms with Crippen LogP contribution in [0.4, 0.5) is 5.69 Å². The highest BCUT2D eigenvalue weighted by Gasteiger charge is 2.14. The Labute approximate surface area is 141 Å². The first-order chi connectivity index (χ1) is 9.51. The van der Waals surface area contributed by atoms with E-state index < -0.39 is 0 Å². The standard InChI is InChI=1S/C14H13Cl2IN2O/c1-2-5-19-8-9(15)6-13(19)14(20)18-12-4-3-10(17)7-11(12)16/h3-4,6-8H,2,5H2,1H3,(H,18,20). The molecule has 20 heavy (non-hydrogen) atoms. The molecule has 0 unspecified atom stereocenters. The number of halogens is 3.